The van der Waals surface area contributed by atoms with Crippen LogP contribution in [0.3, 0.4) is 0 Å². The summed E-state index contributed by atoms with van der Waals surface area (Å²) in [7, 11) is 0. The molecule has 0 rings (SSSR count). The fraction of sp³-hybridized carbons (Fsp3) is 0.806. The Kier molecular flexibility index (Phi) is 59.2. The van der Waals surface area contributed by atoms with Gasteiger partial charge in [0.1, 0.15) is 13.2 Å². The zero-order chi connectivity index (χ0) is 52.9. The van der Waals surface area contributed by atoms with Crippen LogP contribution in [0.5, 0.6) is 0 Å². The first-order valence-electron chi connectivity index (χ1n) is 31.8. The number of unbranched alkanes of at least 4 members (excludes halogenated alkanes) is 37. The second kappa shape index (κ2) is 61.7. The molecule has 73 heavy (non-hydrogen) atoms. The Bertz CT molecular complexity index is 1310. The number of hydrogen-bond donors (Lipinski definition) is 0. The number of allylic oxidation sites excluding steroid dienone is 10. The molecule has 0 aliphatic heterocycles. The highest BCUT2D eigenvalue weighted by Gasteiger charge is 2.19. The van der Waals surface area contributed by atoms with Gasteiger partial charge in [-0.3, -0.25) is 14.4 Å². The van der Waals surface area contributed by atoms with E-state index in [1.807, 2.05) is 0 Å². The van der Waals surface area contributed by atoms with E-state index in [1.165, 1.54) is 199 Å². The van der Waals surface area contributed by atoms with E-state index in [9.17, 15) is 14.4 Å². The second-order valence-corrected chi connectivity index (χ2v) is 21.3. The smallest absolute Gasteiger partial charge is 0.306 e. The molecule has 0 aromatic carbocycles. The molecule has 0 spiro atoms. The summed E-state index contributed by atoms with van der Waals surface area (Å²) in [5, 5.41) is 0. The van der Waals surface area contributed by atoms with Crippen molar-refractivity contribution in [3.05, 3.63) is 60.8 Å². The van der Waals surface area contributed by atoms with Crippen molar-refractivity contribution in [3.8, 4) is 0 Å². The van der Waals surface area contributed by atoms with Gasteiger partial charge < -0.3 is 14.2 Å². The van der Waals surface area contributed by atoms with Gasteiger partial charge in [0.25, 0.3) is 0 Å². The van der Waals surface area contributed by atoms with E-state index < -0.39 is 6.10 Å². The maximum Gasteiger partial charge on any atom is 0.306 e. The number of hydrogen-bond acceptors (Lipinski definition) is 6. The molecule has 0 aromatic heterocycles. The first-order chi connectivity index (χ1) is 36.0. The maximum absolute atomic E-state index is 12.9. The van der Waals surface area contributed by atoms with Gasteiger partial charge in [-0.05, 0) is 83.5 Å². The standard InChI is InChI=1S/C67H120O6/c1-4-7-10-13-16-19-21-23-25-27-28-29-30-31-32-33-34-35-36-37-38-40-41-43-45-48-51-54-57-60-66(69)72-63-64(62-71-65(68)59-56-53-50-47-18-15-12-9-6-3)73-67(70)61-58-55-52-49-46-44-42-39-26-24-22-20-17-14-11-8-5-2/h8,11,17,20-21,23-24,26-28,64H,4-7,9-10,12-16,18-19,22,25,29-63H2,1-3H3/b11-8-,20-17-,23-21-,26-24-,28-27-. The topological polar surface area (TPSA) is 78.9 Å². The minimum Gasteiger partial charge on any atom is -0.462 e. The number of rotatable bonds is 58. The summed E-state index contributed by atoms with van der Waals surface area (Å²) in [6, 6.07) is 0. The quantitative estimate of drug-likeness (QED) is 0.0261. The van der Waals surface area contributed by atoms with Crippen LogP contribution in [0.1, 0.15) is 329 Å². The Labute approximate surface area is 453 Å². The van der Waals surface area contributed by atoms with E-state index >= 15 is 0 Å². The second-order valence-electron chi connectivity index (χ2n) is 21.3. The van der Waals surface area contributed by atoms with Crippen LogP contribution in [-0.2, 0) is 28.6 Å². The molecule has 0 radical (unpaired) electrons. The number of ether oxygens (including phenoxy) is 3. The highest BCUT2D eigenvalue weighted by atomic mass is 16.6. The van der Waals surface area contributed by atoms with Gasteiger partial charge in [0, 0.05) is 19.3 Å². The van der Waals surface area contributed by atoms with Crippen LogP contribution < -0.4 is 0 Å². The summed E-state index contributed by atoms with van der Waals surface area (Å²) >= 11 is 0. The largest absolute Gasteiger partial charge is 0.462 e. The lowest BCUT2D eigenvalue weighted by Gasteiger charge is -2.18. The molecular formula is C67H120O6. The van der Waals surface area contributed by atoms with Crippen molar-refractivity contribution in [1.82, 2.24) is 0 Å². The maximum atomic E-state index is 12.9. The molecule has 424 valence electrons. The van der Waals surface area contributed by atoms with Crippen LogP contribution in [0.2, 0.25) is 0 Å². The van der Waals surface area contributed by atoms with Crippen molar-refractivity contribution in [2.24, 2.45) is 0 Å². The van der Waals surface area contributed by atoms with E-state index in [-0.39, 0.29) is 31.1 Å². The van der Waals surface area contributed by atoms with E-state index in [0.29, 0.717) is 19.3 Å². The highest BCUT2D eigenvalue weighted by Crippen LogP contribution is 2.17. The Morgan fingerprint density at radius 1 is 0.288 bits per heavy atom. The van der Waals surface area contributed by atoms with Crippen LogP contribution in [0.4, 0.5) is 0 Å². The summed E-state index contributed by atoms with van der Waals surface area (Å²) in [6.07, 6.45) is 78.2. The van der Waals surface area contributed by atoms with Crippen LogP contribution in [0.15, 0.2) is 60.8 Å². The molecule has 6 heteroatoms. The van der Waals surface area contributed by atoms with E-state index in [1.54, 1.807) is 0 Å². The monoisotopic (exact) mass is 1020 g/mol. The highest BCUT2D eigenvalue weighted by molar-refractivity contribution is 5.71. The summed E-state index contributed by atoms with van der Waals surface area (Å²) < 4.78 is 16.9. The first kappa shape index (κ1) is 70.1. The van der Waals surface area contributed by atoms with Crippen molar-refractivity contribution in [3.63, 3.8) is 0 Å². The average Bonchev–Trinajstić information content (AvgIpc) is 3.39. The molecule has 0 N–H and O–H groups in total. The van der Waals surface area contributed by atoms with Crippen LogP contribution in [-0.4, -0.2) is 37.2 Å². The molecule has 6 nitrogen and oxygen atoms in total. The lowest BCUT2D eigenvalue weighted by atomic mass is 10.0. The normalized spacial score (nSPS) is 12.4. The fourth-order valence-corrected chi connectivity index (χ4v) is 9.25. The van der Waals surface area contributed by atoms with Crippen molar-refractivity contribution in [2.75, 3.05) is 13.2 Å². The van der Waals surface area contributed by atoms with Gasteiger partial charge in [-0.25, -0.2) is 0 Å². The first-order valence-corrected chi connectivity index (χ1v) is 31.8. The van der Waals surface area contributed by atoms with Crippen LogP contribution in [0, 0.1) is 0 Å². The Balaban J connectivity index is 4.12. The summed E-state index contributed by atoms with van der Waals surface area (Å²) in [4.78, 5) is 38.1. The average molecular weight is 1020 g/mol. The third-order valence-corrected chi connectivity index (χ3v) is 14.0. The molecule has 0 bridgehead atoms. The number of esters is 3. The minimum absolute atomic E-state index is 0.0747. The molecular weight excluding hydrogens is 901 g/mol. The van der Waals surface area contributed by atoms with Crippen molar-refractivity contribution in [2.45, 2.75) is 335 Å². The molecule has 0 heterocycles. The lowest BCUT2D eigenvalue weighted by Crippen LogP contribution is -2.30. The molecule has 1 atom stereocenters. The lowest BCUT2D eigenvalue weighted by molar-refractivity contribution is -0.167. The fourth-order valence-electron chi connectivity index (χ4n) is 9.25. The molecule has 0 saturated carbocycles. The predicted molar refractivity (Wildman–Crippen MR) is 316 cm³/mol. The van der Waals surface area contributed by atoms with Crippen LogP contribution >= 0.6 is 0 Å². The van der Waals surface area contributed by atoms with Gasteiger partial charge in [-0.1, -0.05) is 287 Å². The summed E-state index contributed by atoms with van der Waals surface area (Å²) in [6.45, 7) is 6.53. The van der Waals surface area contributed by atoms with Crippen LogP contribution in [0.25, 0.3) is 0 Å². The SMILES string of the molecule is CC/C=C\C/C=C\C/C=C\CCCCCCCCCC(=O)OC(COC(=O)CCCCCCCCCCC)COC(=O)CCCCCCCCCCCCCCCCCCC/C=C\C/C=C\CCCCCCC. The zero-order valence-corrected chi connectivity index (χ0v) is 48.7. The van der Waals surface area contributed by atoms with Gasteiger partial charge in [-0.2, -0.15) is 0 Å². The summed E-state index contributed by atoms with van der Waals surface area (Å²) in [5.41, 5.74) is 0. The summed E-state index contributed by atoms with van der Waals surface area (Å²) in [5.74, 6) is -0.872. The third kappa shape index (κ3) is 59.9. The minimum atomic E-state index is -0.776. The molecule has 0 saturated heterocycles. The van der Waals surface area contributed by atoms with Gasteiger partial charge in [0.05, 0.1) is 0 Å². The van der Waals surface area contributed by atoms with Gasteiger partial charge in [0.15, 0.2) is 6.10 Å². The van der Waals surface area contributed by atoms with Crippen molar-refractivity contribution in [1.29, 1.82) is 0 Å². The van der Waals surface area contributed by atoms with E-state index in [2.05, 4.69) is 81.5 Å². The Morgan fingerprint density at radius 2 is 0.534 bits per heavy atom. The third-order valence-electron chi connectivity index (χ3n) is 14.0. The Morgan fingerprint density at radius 3 is 0.836 bits per heavy atom. The molecule has 0 aliphatic rings. The van der Waals surface area contributed by atoms with E-state index in [0.717, 1.165) is 89.9 Å². The molecule has 0 amide bonds. The molecule has 1 unspecified atom stereocenters. The molecule has 0 fully saturated rings. The Hall–Kier alpha value is -2.89. The van der Waals surface area contributed by atoms with Gasteiger partial charge in [0.2, 0.25) is 0 Å². The van der Waals surface area contributed by atoms with E-state index in [4.69, 9.17) is 14.2 Å². The van der Waals surface area contributed by atoms with Crippen molar-refractivity contribution < 1.29 is 28.6 Å². The molecule has 0 aliphatic carbocycles. The van der Waals surface area contributed by atoms with Gasteiger partial charge >= 0.3 is 17.9 Å². The zero-order valence-electron chi connectivity index (χ0n) is 48.7. The van der Waals surface area contributed by atoms with Crippen molar-refractivity contribution >= 4 is 17.9 Å². The predicted octanol–water partition coefficient (Wildman–Crippen LogP) is 21.6. The number of carbonyl (C=O) groups excluding carboxylic acids is 3. The number of carbonyl (C=O) groups is 3. The van der Waals surface area contributed by atoms with Gasteiger partial charge in [-0.15, -0.1) is 0 Å². The molecule has 0 aromatic rings.